The number of rotatable bonds is 2. The van der Waals surface area contributed by atoms with E-state index in [0.717, 1.165) is 55.0 Å². The highest BCUT2D eigenvalue weighted by Gasteiger charge is 2.26. The Hall–Kier alpha value is -1.18. The second-order valence-corrected chi connectivity index (χ2v) is 7.53. The Bertz CT molecular complexity index is 601. The fourth-order valence-corrected chi connectivity index (χ4v) is 4.96. The van der Waals surface area contributed by atoms with Gasteiger partial charge in [0.15, 0.2) is 10.3 Å². The highest BCUT2D eigenvalue weighted by Crippen LogP contribution is 2.36. The SMILES string of the molecule is NC1CCCc2sc(N3CCN(c4nccs4)CC3)nc21. The molecule has 21 heavy (non-hydrogen) atoms. The van der Waals surface area contributed by atoms with E-state index in [9.17, 15) is 0 Å². The summed E-state index contributed by atoms with van der Waals surface area (Å²) in [6.07, 6.45) is 5.31. The van der Waals surface area contributed by atoms with Gasteiger partial charge in [0.2, 0.25) is 0 Å². The number of nitrogens with two attached hydrogens (primary N) is 1. The number of piperazine rings is 1. The van der Waals surface area contributed by atoms with E-state index < -0.39 is 0 Å². The van der Waals surface area contributed by atoms with Crippen molar-refractivity contribution in [3.05, 3.63) is 22.1 Å². The third-order valence-corrected chi connectivity index (χ3v) is 6.25. The number of hydrogen-bond donors (Lipinski definition) is 1. The van der Waals surface area contributed by atoms with Crippen LogP contribution in [-0.2, 0) is 6.42 Å². The minimum absolute atomic E-state index is 0.148. The molecule has 0 radical (unpaired) electrons. The molecule has 3 heterocycles. The third kappa shape index (κ3) is 2.54. The van der Waals surface area contributed by atoms with Crippen LogP contribution in [0.2, 0.25) is 0 Å². The molecular formula is C14H19N5S2. The van der Waals surface area contributed by atoms with Gasteiger partial charge >= 0.3 is 0 Å². The molecule has 0 spiro atoms. The first-order chi connectivity index (χ1) is 10.3. The normalized spacial score (nSPS) is 22.4. The number of hydrogen-bond acceptors (Lipinski definition) is 7. The van der Waals surface area contributed by atoms with Gasteiger partial charge in [0.25, 0.3) is 0 Å². The first-order valence-corrected chi connectivity index (χ1v) is 9.15. The number of aromatic nitrogens is 2. The molecule has 0 bridgehead atoms. The van der Waals surface area contributed by atoms with E-state index in [1.165, 1.54) is 11.3 Å². The van der Waals surface area contributed by atoms with E-state index in [1.807, 2.05) is 22.9 Å². The maximum atomic E-state index is 6.19. The van der Waals surface area contributed by atoms with Gasteiger partial charge in [-0.3, -0.25) is 0 Å². The summed E-state index contributed by atoms with van der Waals surface area (Å²) in [5.74, 6) is 0. The topological polar surface area (TPSA) is 58.3 Å². The zero-order valence-corrected chi connectivity index (χ0v) is 13.5. The quantitative estimate of drug-likeness (QED) is 0.919. The van der Waals surface area contributed by atoms with Gasteiger partial charge in [0, 0.05) is 48.7 Å². The standard InChI is InChI=1S/C14H19N5S2/c15-10-2-1-3-11-12(10)17-14(21-11)19-7-5-18(6-8-19)13-16-4-9-20-13/h4,9-10H,1-3,5-8,15H2. The smallest absolute Gasteiger partial charge is 0.185 e. The van der Waals surface area contributed by atoms with Crippen molar-refractivity contribution in [1.82, 2.24) is 9.97 Å². The molecule has 7 heteroatoms. The van der Waals surface area contributed by atoms with Gasteiger partial charge in [0.1, 0.15) is 0 Å². The molecule has 4 rings (SSSR count). The van der Waals surface area contributed by atoms with Crippen LogP contribution in [0.5, 0.6) is 0 Å². The van der Waals surface area contributed by atoms with Gasteiger partial charge in [0.05, 0.1) is 5.69 Å². The Balaban J connectivity index is 1.47. The van der Waals surface area contributed by atoms with Crippen molar-refractivity contribution in [3.63, 3.8) is 0 Å². The van der Waals surface area contributed by atoms with E-state index in [0.29, 0.717) is 0 Å². The number of nitrogens with zero attached hydrogens (tertiary/aromatic N) is 4. The minimum Gasteiger partial charge on any atom is -0.345 e. The highest BCUT2D eigenvalue weighted by molar-refractivity contribution is 7.15. The average Bonchev–Trinajstić information content (AvgIpc) is 3.18. The third-order valence-electron chi connectivity index (χ3n) is 4.23. The second-order valence-electron chi connectivity index (χ2n) is 5.59. The molecule has 2 aromatic rings. The first kappa shape index (κ1) is 13.5. The molecule has 0 amide bonds. The van der Waals surface area contributed by atoms with Gasteiger partial charge < -0.3 is 15.5 Å². The van der Waals surface area contributed by atoms with Crippen LogP contribution < -0.4 is 15.5 Å². The van der Waals surface area contributed by atoms with E-state index in [-0.39, 0.29) is 6.04 Å². The molecule has 0 aromatic carbocycles. The number of thiazole rings is 2. The first-order valence-electron chi connectivity index (χ1n) is 7.46. The van der Waals surface area contributed by atoms with Gasteiger partial charge in [-0.2, -0.15) is 0 Å². The van der Waals surface area contributed by atoms with Crippen molar-refractivity contribution in [2.75, 3.05) is 36.0 Å². The van der Waals surface area contributed by atoms with Crippen LogP contribution >= 0.6 is 22.7 Å². The van der Waals surface area contributed by atoms with Crippen LogP contribution in [0.1, 0.15) is 29.5 Å². The van der Waals surface area contributed by atoms with Gasteiger partial charge in [-0.1, -0.05) is 0 Å². The van der Waals surface area contributed by atoms with Crippen LogP contribution in [0, 0.1) is 0 Å². The van der Waals surface area contributed by atoms with Gasteiger partial charge in [-0.05, 0) is 19.3 Å². The number of fused-ring (bicyclic) bond motifs is 1. The fourth-order valence-electron chi connectivity index (χ4n) is 3.04. The largest absolute Gasteiger partial charge is 0.345 e. The molecule has 112 valence electrons. The van der Waals surface area contributed by atoms with E-state index in [1.54, 1.807) is 11.3 Å². The second kappa shape index (κ2) is 5.55. The fraction of sp³-hybridized carbons (Fsp3) is 0.571. The van der Waals surface area contributed by atoms with Crippen LogP contribution in [0.3, 0.4) is 0 Å². The summed E-state index contributed by atoms with van der Waals surface area (Å²) in [6, 6.07) is 0.148. The lowest BCUT2D eigenvalue weighted by molar-refractivity contribution is 0.562. The van der Waals surface area contributed by atoms with Crippen molar-refractivity contribution in [2.45, 2.75) is 25.3 Å². The lowest BCUT2D eigenvalue weighted by Gasteiger charge is -2.34. The predicted molar refractivity (Wildman–Crippen MR) is 88.5 cm³/mol. The van der Waals surface area contributed by atoms with Crippen LogP contribution in [0.25, 0.3) is 0 Å². The summed E-state index contributed by atoms with van der Waals surface area (Å²) in [6.45, 7) is 4.07. The summed E-state index contributed by atoms with van der Waals surface area (Å²) in [7, 11) is 0. The van der Waals surface area contributed by atoms with Crippen LogP contribution in [-0.4, -0.2) is 36.1 Å². The zero-order valence-electron chi connectivity index (χ0n) is 11.9. The Morgan fingerprint density at radius 2 is 1.90 bits per heavy atom. The maximum Gasteiger partial charge on any atom is 0.185 e. The van der Waals surface area contributed by atoms with Crippen molar-refractivity contribution < 1.29 is 0 Å². The summed E-state index contributed by atoms with van der Waals surface area (Å²) in [5, 5.41) is 4.34. The lowest BCUT2D eigenvalue weighted by atomic mass is 9.99. The van der Waals surface area contributed by atoms with E-state index in [2.05, 4.69) is 14.8 Å². The van der Waals surface area contributed by atoms with Crippen molar-refractivity contribution >= 4 is 32.9 Å². The number of aryl methyl sites for hydroxylation is 1. The van der Waals surface area contributed by atoms with Gasteiger partial charge in [-0.15, -0.1) is 22.7 Å². The van der Waals surface area contributed by atoms with E-state index in [4.69, 9.17) is 10.7 Å². The Kier molecular flexibility index (Phi) is 3.56. The Morgan fingerprint density at radius 3 is 2.57 bits per heavy atom. The molecule has 1 saturated heterocycles. The van der Waals surface area contributed by atoms with Crippen molar-refractivity contribution in [3.8, 4) is 0 Å². The summed E-state index contributed by atoms with van der Waals surface area (Å²) < 4.78 is 0. The van der Waals surface area contributed by atoms with Crippen LogP contribution in [0.15, 0.2) is 11.6 Å². The summed E-state index contributed by atoms with van der Waals surface area (Å²) in [5.41, 5.74) is 7.34. The van der Waals surface area contributed by atoms with Crippen molar-refractivity contribution in [2.24, 2.45) is 5.73 Å². The molecule has 0 saturated carbocycles. The molecule has 2 aromatic heterocycles. The molecule has 1 aliphatic heterocycles. The molecule has 1 fully saturated rings. The molecule has 1 aliphatic carbocycles. The minimum atomic E-state index is 0.148. The number of anilines is 2. The zero-order chi connectivity index (χ0) is 14.2. The predicted octanol–water partition coefficient (Wildman–Crippen LogP) is 2.26. The Morgan fingerprint density at radius 1 is 1.14 bits per heavy atom. The highest BCUT2D eigenvalue weighted by atomic mass is 32.1. The van der Waals surface area contributed by atoms with Gasteiger partial charge in [-0.25, -0.2) is 9.97 Å². The van der Waals surface area contributed by atoms with E-state index >= 15 is 0 Å². The maximum absolute atomic E-state index is 6.19. The molecule has 2 N–H and O–H groups in total. The monoisotopic (exact) mass is 321 g/mol. The summed E-state index contributed by atoms with van der Waals surface area (Å²) >= 11 is 3.56. The Labute approximate surface area is 132 Å². The molecule has 1 unspecified atom stereocenters. The molecular weight excluding hydrogens is 302 g/mol. The molecule has 2 aliphatic rings. The summed E-state index contributed by atoms with van der Waals surface area (Å²) in [4.78, 5) is 15.4. The molecule has 1 atom stereocenters. The van der Waals surface area contributed by atoms with Crippen molar-refractivity contribution in [1.29, 1.82) is 0 Å². The van der Waals surface area contributed by atoms with Crippen LogP contribution in [0.4, 0.5) is 10.3 Å². The average molecular weight is 321 g/mol. The molecule has 5 nitrogen and oxygen atoms in total. The lowest BCUT2D eigenvalue weighted by Crippen LogP contribution is -2.46.